The van der Waals surface area contributed by atoms with E-state index >= 15 is 4.39 Å². The first-order valence-corrected chi connectivity index (χ1v) is 13.4. The van der Waals surface area contributed by atoms with Crippen LogP contribution in [0.25, 0.3) is 0 Å². The number of benzene rings is 2. The van der Waals surface area contributed by atoms with Crippen molar-refractivity contribution >= 4 is 29.3 Å². The van der Waals surface area contributed by atoms with Crippen LogP contribution in [0.15, 0.2) is 30.3 Å². The fourth-order valence-corrected chi connectivity index (χ4v) is 5.38. The zero-order chi connectivity index (χ0) is 28.1. The molecule has 4 amide bonds. The van der Waals surface area contributed by atoms with E-state index in [-0.39, 0.29) is 43.4 Å². The number of halogens is 1. The number of hydrogen-bond acceptors (Lipinski definition) is 5. The molecule has 0 saturated heterocycles. The number of para-hydroxylation sites is 1. The molecule has 0 fully saturated rings. The van der Waals surface area contributed by atoms with Crippen LogP contribution < -0.4 is 26.4 Å². The number of primary amides is 2. The third kappa shape index (κ3) is 6.74. The molecule has 5 N–H and O–H groups in total. The van der Waals surface area contributed by atoms with Crippen molar-refractivity contribution < 1.29 is 28.3 Å². The maximum Gasteiger partial charge on any atom is 0.243 e. The van der Waals surface area contributed by atoms with E-state index in [1.54, 1.807) is 24.0 Å². The normalized spacial score (nSPS) is 16.8. The van der Waals surface area contributed by atoms with E-state index in [0.29, 0.717) is 31.2 Å². The topological polar surface area (TPSA) is 145 Å². The lowest BCUT2D eigenvalue weighted by atomic mass is 10.0. The minimum atomic E-state index is -0.713. The van der Waals surface area contributed by atoms with Gasteiger partial charge in [-0.05, 0) is 67.3 Å². The lowest BCUT2D eigenvalue weighted by molar-refractivity contribution is -0.127. The van der Waals surface area contributed by atoms with Crippen LogP contribution in [0.5, 0.6) is 5.75 Å². The summed E-state index contributed by atoms with van der Waals surface area (Å²) in [6.07, 6.45) is 3.33. The monoisotopic (exact) mass is 538 g/mol. The molecule has 4 rings (SSSR count). The number of rotatable bonds is 12. The first-order chi connectivity index (χ1) is 18.6. The molecule has 2 atom stereocenters. The fraction of sp³-hybridized carbons (Fsp3) is 0.448. The molecule has 2 heterocycles. The van der Waals surface area contributed by atoms with E-state index in [9.17, 15) is 19.2 Å². The van der Waals surface area contributed by atoms with Gasteiger partial charge in [0.2, 0.25) is 23.6 Å². The molecule has 10 heteroatoms. The number of nitrogens with one attached hydrogen (secondary N) is 1. The molecule has 39 heavy (non-hydrogen) atoms. The van der Waals surface area contributed by atoms with E-state index in [1.165, 1.54) is 0 Å². The number of anilines is 1. The molecular formula is C29H35FN4O5. The van der Waals surface area contributed by atoms with Crippen molar-refractivity contribution in [2.24, 2.45) is 11.5 Å². The van der Waals surface area contributed by atoms with Gasteiger partial charge in [0.05, 0.1) is 11.7 Å². The van der Waals surface area contributed by atoms with Crippen LogP contribution in [0.3, 0.4) is 0 Å². The lowest BCUT2D eigenvalue weighted by Gasteiger charge is -2.27. The van der Waals surface area contributed by atoms with E-state index in [4.69, 9.17) is 16.2 Å². The Bertz CT molecular complexity index is 1280. The lowest BCUT2D eigenvalue weighted by Crippen LogP contribution is -2.51. The predicted molar refractivity (Wildman–Crippen MR) is 143 cm³/mol. The third-order valence-electron chi connectivity index (χ3n) is 7.23. The molecule has 0 unspecified atom stereocenters. The van der Waals surface area contributed by atoms with Crippen molar-refractivity contribution in [3.63, 3.8) is 0 Å². The van der Waals surface area contributed by atoms with Gasteiger partial charge in [-0.25, -0.2) is 4.39 Å². The Morgan fingerprint density at radius 1 is 1.13 bits per heavy atom. The molecule has 0 bridgehead atoms. The summed E-state index contributed by atoms with van der Waals surface area (Å²) >= 11 is 0. The highest BCUT2D eigenvalue weighted by Gasteiger charge is 2.41. The molecule has 2 aliphatic heterocycles. The van der Waals surface area contributed by atoms with Gasteiger partial charge in [0, 0.05) is 25.7 Å². The highest BCUT2D eigenvalue weighted by Crippen LogP contribution is 2.39. The van der Waals surface area contributed by atoms with Crippen LogP contribution >= 0.6 is 0 Å². The minimum Gasteiger partial charge on any atom is -0.488 e. The van der Waals surface area contributed by atoms with Gasteiger partial charge in [-0.3, -0.25) is 24.1 Å². The Balaban J connectivity index is 1.48. The maximum absolute atomic E-state index is 15.2. The molecule has 9 nitrogen and oxygen atoms in total. The molecule has 0 spiro atoms. The van der Waals surface area contributed by atoms with Crippen molar-refractivity contribution in [1.82, 2.24) is 5.32 Å². The Kier molecular flexibility index (Phi) is 8.83. The molecule has 2 aliphatic rings. The summed E-state index contributed by atoms with van der Waals surface area (Å²) < 4.78 is 21.0. The number of hydrogen-bond donors (Lipinski definition) is 3. The first-order valence-electron chi connectivity index (χ1n) is 13.4. The molecule has 2 aromatic rings. The fourth-order valence-electron chi connectivity index (χ4n) is 5.38. The second kappa shape index (κ2) is 12.3. The van der Waals surface area contributed by atoms with E-state index < -0.39 is 29.7 Å². The number of amides is 4. The van der Waals surface area contributed by atoms with Gasteiger partial charge in [-0.1, -0.05) is 24.3 Å². The van der Waals surface area contributed by atoms with Crippen molar-refractivity contribution in [3.05, 3.63) is 58.4 Å². The van der Waals surface area contributed by atoms with Crippen LogP contribution in [0.4, 0.5) is 10.1 Å². The summed E-state index contributed by atoms with van der Waals surface area (Å²) in [6.45, 7) is 1.71. The van der Waals surface area contributed by atoms with Gasteiger partial charge in [0.25, 0.3) is 0 Å². The molecular weight excluding hydrogens is 503 g/mol. The van der Waals surface area contributed by atoms with Crippen molar-refractivity contribution in [1.29, 1.82) is 0 Å². The van der Waals surface area contributed by atoms with Crippen molar-refractivity contribution in [2.75, 3.05) is 11.5 Å². The van der Waals surface area contributed by atoms with Crippen LogP contribution in [0.1, 0.15) is 60.8 Å². The summed E-state index contributed by atoms with van der Waals surface area (Å²) in [5.74, 6) is -1.96. The number of carbonyl (C=O) groups is 4. The summed E-state index contributed by atoms with van der Waals surface area (Å²) in [4.78, 5) is 50.6. The van der Waals surface area contributed by atoms with E-state index in [1.807, 2.05) is 18.2 Å². The zero-order valence-electron chi connectivity index (χ0n) is 22.1. The summed E-state index contributed by atoms with van der Waals surface area (Å²) in [5.41, 5.74) is 14.6. The van der Waals surface area contributed by atoms with Crippen LogP contribution in [-0.2, 0) is 38.4 Å². The molecule has 2 aromatic carbocycles. The van der Waals surface area contributed by atoms with E-state index in [0.717, 1.165) is 35.2 Å². The van der Waals surface area contributed by atoms with Crippen LogP contribution in [0, 0.1) is 12.7 Å². The Morgan fingerprint density at radius 3 is 2.62 bits per heavy atom. The smallest absolute Gasteiger partial charge is 0.243 e. The molecule has 0 radical (unpaired) electrons. The Hall–Kier alpha value is -3.95. The zero-order valence-corrected chi connectivity index (χ0v) is 22.1. The number of carbonyl (C=O) groups excluding carboxylic acids is 4. The average Bonchev–Trinajstić information content (AvgIpc) is 3.19. The second-order valence-corrected chi connectivity index (χ2v) is 10.3. The highest BCUT2D eigenvalue weighted by molar-refractivity contribution is 6.04. The van der Waals surface area contributed by atoms with Crippen molar-refractivity contribution in [2.45, 2.75) is 76.8 Å². The molecule has 0 aliphatic carbocycles. The van der Waals surface area contributed by atoms with Gasteiger partial charge in [0.15, 0.2) is 11.6 Å². The van der Waals surface area contributed by atoms with Crippen LogP contribution in [0.2, 0.25) is 0 Å². The number of aryl methyl sites for hydroxylation is 3. The molecule has 208 valence electrons. The number of ether oxygens (including phenoxy) is 1. The molecule has 0 saturated carbocycles. The Morgan fingerprint density at radius 2 is 1.87 bits per heavy atom. The largest absolute Gasteiger partial charge is 0.488 e. The predicted octanol–water partition coefficient (Wildman–Crippen LogP) is 2.37. The van der Waals surface area contributed by atoms with Gasteiger partial charge in [-0.15, -0.1) is 0 Å². The van der Waals surface area contributed by atoms with Crippen LogP contribution in [-0.4, -0.2) is 42.3 Å². The summed E-state index contributed by atoms with van der Waals surface area (Å²) in [6, 6.07) is 7.78. The highest BCUT2D eigenvalue weighted by atomic mass is 19.1. The number of nitrogens with zero attached hydrogens (tertiary/aromatic N) is 1. The van der Waals surface area contributed by atoms with Crippen molar-refractivity contribution in [3.8, 4) is 5.75 Å². The second-order valence-electron chi connectivity index (χ2n) is 10.3. The maximum atomic E-state index is 15.2. The van der Waals surface area contributed by atoms with Gasteiger partial charge < -0.3 is 21.5 Å². The van der Waals surface area contributed by atoms with Gasteiger partial charge in [-0.2, -0.15) is 0 Å². The Labute approximate surface area is 227 Å². The first kappa shape index (κ1) is 28.1. The third-order valence-corrected chi connectivity index (χ3v) is 7.23. The van der Waals surface area contributed by atoms with Gasteiger partial charge in [0.1, 0.15) is 12.6 Å². The minimum absolute atomic E-state index is 0.000654. The van der Waals surface area contributed by atoms with E-state index in [2.05, 4.69) is 5.32 Å². The summed E-state index contributed by atoms with van der Waals surface area (Å²) in [5, 5.41) is 2.92. The van der Waals surface area contributed by atoms with Gasteiger partial charge >= 0.3 is 0 Å². The average molecular weight is 539 g/mol. The SMILES string of the molecule is Cc1cc(CCCC(N)=O)c(F)c(OC[C@H](CCC(N)=O)NC(=O)[C@@H]2Cc3cccc4c3N2C(=O)CCC4)c1. The quantitative estimate of drug-likeness (QED) is 0.380. The molecule has 0 aromatic heterocycles. The number of nitrogens with two attached hydrogens (primary N) is 2. The summed E-state index contributed by atoms with van der Waals surface area (Å²) in [7, 11) is 0. The standard InChI is InChI=1S/C29H35FN4O5/c1-17-13-19(7-3-9-24(31)35)27(30)23(14-17)39-16-21(11-12-25(32)36)33-29(38)22-15-20-8-2-5-18-6-4-10-26(37)34(22)28(18)20/h2,5,8,13-14,21-22H,3-4,6-7,9-12,15-16H2,1H3,(H2,31,35)(H2,32,36)(H,33,38)/t21-,22-/m0/s1.